The Balaban J connectivity index is 2.14. The van der Waals surface area contributed by atoms with Crippen LogP contribution in [0.1, 0.15) is 19.8 Å². The van der Waals surface area contributed by atoms with E-state index >= 15 is 0 Å². The van der Waals surface area contributed by atoms with Crippen LogP contribution in [0, 0.1) is 0 Å². The maximum atomic E-state index is 5.60. The third kappa shape index (κ3) is 2.95. The normalized spacial score (nSPS) is 18.7. The zero-order chi connectivity index (χ0) is 12.3. The number of ether oxygens (including phenoxy) is 1. The summed E-state index contributed by atoms with van der Waals surface area (Å²) in [7, 11) is 0. The van der Waals surface area contributed by atoms with Gasteiger partial charge in [-0.25, -0.2) is 5.84 Å². The van der Waals surface area contributed by atoms with Gasteiger partial charge >= 0.3 is 0 Å². The molecule has 2 rings (SSSR count). The first-order valence-electron chi connectivity index (χ1n) is 5.58. The largest absolute Gasteiger partial charge is 0.381 e. The van der Waals surface area contributed by atoms with Crippen molar-refractivity contribution in [3.05, 3.63) is 6.07 Å². The van der Waals surface area contributed by atoms with Gasteiger partial charge in [-0.1, -0.05) is 0 Å². The van der Waals surface area contributed by atoms with E-state index in [1.165, 1.54) is 0 Å². The van der Waals surface area contributed by atoms with Crippen LogP contribution in [0.3, 0.4) is 0 Å². The van der Waals surface area contributed by atoms with Gasteiger partial charge in [-0.05, 0) is 19.8 Å². The van der Waals surface area contributed by atoms with Gasteiger partial charge in [-0.15, -0.1) is 0 Å². The Labute approximate surface area is 99.9 Å². The first-order chi connectivity index (χ1) is 8.11. The maximum absolute atomic E-state index is 5.60. The van der Waals surface area contributed by atoms with Crippen LogP contribution in [0.5, 0.6) is 0 Å². The Hall–Kier alpha value is -1.60. The minimum absolute atomic E-state index is 0.0229. The van der Waals surface area contributed by atoms with Crippen molar-refractivity contribution >= 4 is 17.6 Å². The topological polar surface area (TPSA) is 111 Å². The lowest BCUT2D eigenvalue weighted by molar-refractivity contribution is 0.0657. The van der Waals surface area contributed by atoms with E-state index in [1.807, 2.05) is 0 Å². The summed E-state index contributed by atoms with van der Waals surface area (Å²) in [5, 5.41) is 3.37. The van der Waals surface area contributed by atoms with Crippen molar-refractivity contribution < 1.29 is 4.74 Å². The lowest BCUT2D eigenvalue weighted by Gasteiger charge is -2.34. The summed E-state index contributed by atoms with van der Waals surface area (Å²) < 4.78 is 5.34. The molecule has 0 spiro atoms. The average molecular weight is 238 g/mol. The second kappa shape index (κ2) is 4.72. The highest BCUT2D eigenvalue weighted by Crippen LogP contribution is 2.25. The van der Waals surface area contributed by atoms with E-state index in [-0.39, 0.29) is 11.5 Å². The monoisotopic (exact) mass is 238 g/mol. The Kier molecular flexibility index (Phi) is 3.30. The molecule has 0 unspecified atom stereocenters. The van der Waals surface area contributed by atoms with E-state index < -0.39 is 0 Å². The molecule has 17 heavy (non-hydrogen) atoms. The second-order valence-corrected chi connectivity index (χ2v) is 4.44. The molecule has 0 bridgehead atoms. The molecule has 1 saturated heterocycles. The number of aromatic nitrogens is 2. The number of anilines is 3. The molecule has 1 fully saturated rings. The average Bonchev–Trinajstić information content (AvgIpc) is 2.28. The number of nitrogen functional groups attached to an aromatic ring is 2. The summed E-state index contributed by atoms with van der Waals surface area (Å²) >= 11 is 0. The summed E-state index contributed by atoms with van der Waals surface area (Å²) in [6.45, 7) is 3.65. The van der Waals surface area contributed by atoms with E-state index in [0.717, 1.165) is 26.1 Å². The van der Waals surface area contributed by atoms with Gasteiger partial charge in [0, 0.05) is 24.8 Å². The van der Waals surface area contributed by atoms with Gasteiger partial charge in [-0.2, -0.15) is 9.97 Å². The van der Waals surface area contributed by atoms with E-state index in [0.29, 0.717) is 11.6 Å². The highest BCUT2D eigenvalue weighted by molar-refractivity contribution is 5.51. The lowest BCUT2D eigenvalue weighted by Crippen LogP contribution is -2.41. The summed E-state index contributed by atoms with van der Waals surface area (Å²) in [6, 6.07) is 1.73. The van der Waals surface area contributed by atoms with Gasteiger partial charge in [-0.3, -0.25) is 0 Å². The minimum atomic E-state index is -0.0229. The van der Waals surface area contributed by atoms with Crippen LogP contribution in [-0.2, 0) is 4.74 Å². The Morgan fingerprint density at radius 2 is 1.94 bits per heavy atom. The fourth-order valence-electron chi connectivity index (χ4n) is 1.86. The molecule has 6 N–H and O–H groups in total. The van der Waals surface area contributed by atoms with Crippen LogP contribution in [0.25, 0.3) is 0 Å². The molecule has 0 aromatic carbocycles. The molecule has 1 aromatic heterocycles. The first-order valence-corrected chi connectivity index (χ1v) is 5.58. The van der Waals surface area contributed by atoms with Gasteiger partial charge in [0.05, 0.1) is 0 Å². The molecule has 7 nitrogen and oxygen atoms in total. The fourth-order valence-corrected chi connectivity index (χ4v) is 1.86. The molecule has 0 saturated carbocycles. The number of hydrogen-bond donors (Lipinski definition) is 4. The fraction of sp³-hybridized carbons (Fsp3) is 0.600. The molecule has 0 amide bonds. The van der Waals surface area contributed by atoms with Crippen molar-refractivity contribution in [3.63, 3.8) is 0 Å². The van der Waals surface area contributed by atoms with Crippen molar-refractivity contribution in [3.8, 4) is 0 Å². The molecule has 7 heteroatoms. The Morgan fingerprint density at radius 3 is 2.59 bits per heavy atom. The van der Waals surface area contributed by atoms with Crippen LogP contribution in [0.15, 0.2) is 6.07 Å². The van der Waals surface area contributed by atoms with E-state index in [4.69, 9.17) is 16.3 Å². The Bertz CT molecular complexity index is 390. The predicted octanol–water partition coefficient (Wildman–Crippen LogP) is 0.325. The molecule has 0 radical (unpaired) electrons. The van der Waals surface area contributed by atoms with Crippen molar-refractivity contribution in [2.45, 2.75) is 25.3 Å². The first kappa shape index (κ1) is 11.9. The summed E-state index contributed by atoms with van der Waals surface area (Å²) in [5.74, 6) is 6.68. The third-order valence-electron chi connectivity index (χ3n) is 2.92. The van der Waals surface area contributed by atoms with Crippen molar-refractivity contribution in [2.75, 3.05) is 29.7 Å². The molecule has 0 aliphatic carbocycles. The number of rotatable bonds is 3. The molecule has 94 valence electrons. The van der Waals surface area contributed by atoms with Gasteiger partial charge in [0.2, 0.25) is 5.95 Å². The molecule has 1 aliphatic rings. The van der Waals surface area contributed by atoms with Crippen LogP contribution in [0.4, 0.5) is 17.6 Å². The maximum Gasteiger partial charge on any atom is 0.223 e. The van der Waals surface area contributed by atoms with Crippen LogP contribution in [0.2, 0.25) is 0 Å². The molecule has 1 aliphatic heterocycles. The van der Waals surface area contributed by atoms with Crippen molar-refractivity contribution in [1.82, 2.24) is 9.97 Å². The van der Waals surface area contributed by atoms with Crippen LogP contribution in [-0.4, -0.2) is 28.7 Å². The van der Waals surface area contributed by atoms with Crippen molar-refractivity contribution in [2.24, 2.45) is 5.84 Å². The smallest absolute Gasteiger partial charge is 0.223 e. The SMILES string of the molecule is CC1(Nc2cc(NN)nc(N)n2)CCOCC1. The predicted molar refractivity (Wildman–Crippen MR) is 66.3 cm³/mol. The summed E-state index contributed by atoms with van der Waals surface area (Å²) in [4.78, 5) is 8.07. The summed E-state index contributed by atoms with van der Waals surface area (Å²) in [5.41, 5.74) is 8.04. The zero-order valence-corrected chi connectivity index (χ0v) is 9.86. The number of hydrogen-bond acceptors (Lipinski definition) is 7. The van der Waals surface area contributed by atoms with Gasteiger partial charge in [0.15, 0.2) is 0 Å². The van der Waals surface area contributed by atoms with Gasteiger partial charge in [0.25, 0.3) is 0 Å². The molecule has 1 aromatic rings. The van der Waals surface area contributed by atoms with Crippen LogP contribution < -0.4 is 22.3 Å². The molecular weight excluding hydrogens is 220 g/mol. The summed E-state index contributed by atoms with van der Waals surface area (Å²) in [6.07, 6.45) is 1.87. The van der Waals surface area contributed by atoms with E-state index in [1.54, 1.807) is 6.07 Å². The second-order valence-electron chi connectivity index (χ2n) is 4.44. The zero-order valence-electron chi connectivity index (χ0n) is 9.86. The number of nitrogens with two attached hydrogens (primary N) is 2. The van der Waals surface area contributed by atoms with Crippen molar-refractivity contribution in [1.29, 1.82) is 0 Å². The molecule has 2 heterocycles. The van der Waals surface area contributed by atoms with Gasteiger partial charge < -0.3 is 21.2 Å². The lowest BCUT2D eigenvalue weighted by atomic mass is 9.92. The number of nitrogens with one attached hydrogen (secondary N) is 2. The third-order valence-corrected chi connectivity index (χ3v) is 2.92. The van der Waals surface area contributed by atoms with E-state index in [9.17, 15) is 0 Å². The Morgan fingerprint density at radius 1 is 1.29 bits per heavy atom. The number of hydrazine groups is 1. The molecule has 0 atom stereocenters. The standard InChI is InChI=1S/C10H18N6O/c1-10(2-4-17-5-3-10)15-7-6-8(16-12)14-9(11)13-7/h6H,2-5,12H2,1H3,(H4,11,13,14,15,16). The highest BCUT2D eigenvalue weighted by Gasteiger charge is 2.27. The minimum Gasteiger partial charge on any atom is -0.381 e. The highest BCUT2D eigenvalue weighted by atomic mass is 16.5. The van der Waals surface area contributed by atoms with Crippen LogP contribution >= 0.6 is 0 Å². The molecular formula is C10H18N6O. The van der Waals surface area contributed by atoms with Gasteiger partial charge in [0.1, 0.15) is 11.6 Å². The van der Waals surface area contributed by atoms with E-state index in [2.05, 4.69) is 27.6 Å². The quantitative estimate of drug-likeness (QED) is 0.443. The number of nitrogens with zero attached hydrogens (tertiary/aromatic N) is 2.